The highest BCUT2D eigenvalue weighted by atomic mass is 16.5. The van der Waals surface area contributed by atoms with Crippen molar-refractivity contribution in [3.63, 3.8) is 0 Å². The molecule has 2 N–H and O–H groups in total. The van der Waals surface area contributed by atoms with Crippen molar-refractivity contribution in [1.82, 2.24) is 0 Å². The lowest BCUT2D eigenvalue weighted by Gasteiger charge is -2.11. The Kier molecular flexibility index (Phi) is 6.73. The van der Waals surface area contributed by atoms with Gasteiger partial charge in [0, 0.05) is 24.4 Å². The maximum absolute atomic E-state index is 11.8. The minimum atomic E-state index is -0.0967. The highest BCUT2D eigenvalue weighted by Crippen LogP contribution is 2.20. The summed E-state index contributed by atoms with van der Waals surface area (Å²) >= 11 is 0. The fourth-order valence-electron chi connectivity index (χ4n) is 1.61. The Balaban J connectivity index is 2.66. The second-order valence-electron chi connectivity index (χ2n) is 4.43. The predicted molar refractivity (Wildman–Crippen MR) is 79.8 cm³/mol. The quantitative estimate of drug-likeness (QED) is 0.754. The minimum Gasteiger partial charge on any atom is -0.381 e. The van der Waals surface area contributed by atoms with Gasteiger partial charge in [0.15, 0.2) is 0 Å². The standard InChI is InChI=1S/C15H22N2O3/c1-4-14(18)16-12-7-6-11(3)13(10-12)17-15(19)8-9-20-5-2/h6-7,10H,4-5,8-9H2,1-3H3,(H,16,18)(H,17,19). The van der Waals surface area contributed by atoms with E-state index in [1.807, 2.05) is 26.0 Å². The number of carbonyl (C=O) groups excluding carboxylic acids is 2. The van der Waals surface area contributed by atoms with E-state index < -0.39 is 0 Å². The number of amides is 2. The number of nitrogens with one attached hydrogen (secondary N) is 2. The second kappa shape index (κ2) is 8.32. The van der Waals surface area contributed by atoms with Gasteiger partial charge >= 0.3 is 0 Å². The van der Waals surface area contributed by atoms with Gasteiger partial charge in [0.05, 0.1) is 13.0 Å². The molecule has 0 saturated heterocycles. The van der Waals surface area contributed by atoms with Crippen molar-refractivity contribution in [2.75, 3.05) is 23.8 Å². The van der Waals surface area contributed by atoms with E-state index in [0.717, 1.165) is 5.56 Å². The molecule has 0 fully saturated rings. The van der Waals surface area contributed by atoms with Gasteiger partial charge in [-0.25, -0.2) is 0 Å². The number of rotatable bonds is 7. The average molecular weight is 278 g/mol. The Labute approximate surface area is 119 Å². The first-order chi connectivity index (χ1) is 9.56. The van der Waals surface area contributed by atoms with Crippen molar-refractivity contribution in [2.45, 2.75) is 33.6 Å². The van der Waals surface area contributed by atoms with Crippen LogP contribution in [0.2, 0.25) is 0 Å². The van der Waals surface area contributed by atoms with Crippen molar-refractivity contribution < 1.29 is 14.3 Å². The number of aryl methyl sites for hydroxylation is 1. The van der Waals surface area contributed by atoms with Crippen LogP contribution in [-0.2, 0) is 14.3 Å². The van der Waals surface area contributed by atoms with Gasteiger partial charge in [-0.1, -0.05) is 13.0 Å². The Hall–Kier alpha value is -1.88. The van der Waals surface area contributed by atoms with Gasteiger partial charge in [-0.2, -0.15) is 0 Å². The third-order valence-electron chi connectivity index (χ3n) is 2.79. The molecule has 5 nitrogen and oxygen atoms in total. The van der Waals surface area contributed by atoms with E-state index in [9.17, 15) is 9.59 Å². The molecule has 1 aromatic carbocycles. The van der Waals surface area contributed by atoms with Gasteiger partial charge in [0.2, 0.25) is 11.8 Å². The number of hydrogen-bond acceptors (Lipinski definition) is 3. The molecule has 0 atom stereocenters. The molecule has 1 aromatic rings. The Morgan fingerprint density at radius 3 is 2.55 bits per heavy atom. The molecule has 0 bridgehead atoms. The molecule has 0 aromatic heterocycles. The third kappa shape index (κ3) is 5.40. The minimum absolute atomic E-state index is 0.0533. The first kappa shape index (κ1) is 16.2. The zero-order chi connectivity index (χ0) is 15.0. The molecular formula is C15H22N2O3. The Morgan fingerprint density at radius 2 is 1.90 bits per heavy atom. The maximum Gasteiger partial charge on any atom is 0.226 e. The highest BCUT2D eigenvalue weighted by molar-refractivity contribution is 5.94. The summed E-state index contributed by atoms with van der Waals surface area (Å²) in [7, 11) is 0. The van der Waals surface area contributed by atoms with Crippen molar-refractivity contribution in [3.8, 4) is 0 Å². The zero-order valence-electron chi connectivity index (χ0n) is 12.3. The van der Waals surface area contributed by atoms with Gasteiger partial charge in [-0.15, -0.1) is 0 Å². The Morgan fingerprint density at radius 1 is 1.15 bits per heavy atom. The fourth-order valence-corrected chi connectivity index (χ4v) is 1.61. The molecule has 20 heavy (non-hydrogen) atoms. The van der Waals surface area contributed by atoms with Crippen LogP contribution in [0, 0.1) is 6.92 Å². The summed E-state index contributed by atoms with van der Waals surface area (Å²) in [5, 5.41) is 5.60. The van der Waals surface area contributed by atoms with Crippen LogP contribution < -0.4 is 10.6 Å². The van der Waals surface area contributed by atoms with Crippen LogP contribution >= 0.6 is 0 Å². The molecule has 0 saturated carbocycles. The third-order valence-corrected chi connectivity index (χ3v) is 2.79. The van der Waals surface area contributed by atoms with Crippen LogP contribution in [0.4, 0.5) is 11.4 Å². The Bertz CT molecular complexity index is 472. The summed E-state index contributed by atoms with van der Waals surface area (Å²) < 4.78 is 5.15. The SMILES string of the molecule is CCOCCC(=O)Nc1cc(NC(=O)CC)ccc1C. The smallest absolute Gasteiger partial charge is 0.226 e. The number of ether oxygens (including phenoxy) is 1. The largest absolute Gasteiger partial charge is 0.381 e. The van der Waals surface area contributed by atoms with E-state index in [-0.39, 0.29) is 11.8 Å². The lowest BCUT2D eigenvalue weighted by molar-refractivity contribution is -0.117. The van der Waals surface area contributed by atoms with E-state index in [1.165, 1.54) is 0 Å². The van der Waals surface area contributed by atoms with Crippen molar-refractivity contribution in [2.24, 2.45) is 0 Å². The van der Waals surface area contributed by atoms with Crippen molar-refractivity contribution in [3.05, 3.63) is 23.8 Å². The summed E-state index contributed by atoms with van der Waals surface area (Å²) in [6, 6.07) is 5.45. The summed E-state index contributed by atoms with van der Waals surface area (Å²) in [6.07, 6.45) is 0.739. The zero-order valence-corrected chi connectivity index (χ0v) is 12.3. The molecule has 0 heterocycles. The monoisotopic (exact) mass is 278 g/mol. The molecule has 2 amide bonds. The second-order valence-corrected chi connectivity index (χ2v) is 4.43. The molecule has 0 aliphatic heterocycles. The molecule has 1 rings (SSSR count). The van der Waals surface area contributed by atoms with E-state index in [0.29, 0.717) is 37.4 Å². The number of benzene rings is 1. The van der Waals surface area contributed by atoms with Gasteiger partial charge in [0.1, 0.15) is 0 Å². The lowest BCUT2D eigenvalue weighted by Crippen LogP contribution is -2.15. The normalized spacial score (nSPS) is 10.2. The molecule has 0 unspecified atom stereocenters. The molecule has 0 radical (unpaired) electrons. The van der Waals surface area contributed by atoms with Crippen LogP contribution in [0.3, 0.4) is 0 Å². The van der Waals surface area contributed by atoms with Crippen LogP contribution in [-0.4, -0.2) is 25.0 Å². The fraction of sp³-hybridized carbons (Fsp3) is 0.467. The summed E-state index contributed by atoms with van der Waals surface area (Å²) in [4.78, 5) is 23.1. The van der Waals surface area contributed by atoms with Gasteiger partial charge < -0.3 is 15.4 Å². The predicted octanol–water partition coefficient (Wildman–Crippen LogP) is 2.71. The van der Waals surface area contributed by atoms with E-state index in [2.05, 4.69) is 10.6 Å². The summed E-state index contributed by atoms with van der Waals surface area (Å²) in [5.41, 5.74) is 2.34. The van der Waals surface area contributed by atoms with E-state index in [4.69, 9.17) is 4.74 Å². The first-order valence-corrected chi connectivity index (χ1v) is 6.84. The molecule has 0 aliphatic rings. The lowest BCUT2D eigenvalue weighted by atomic mass is 10.1. The van der Waals surface area contributed by atoms with E-state index in [1.54, 1.807) is 13.0 Å². The molecule has 0 aliphatic carbocycles. The summed E-state index contributed by atoms with van der Waals surface area (Å²) in [6.45, 7) is 6.60. The van der Waals surface area contributed by atoms with Gasteiger partial charge in [0.25, 0.3) is 0 Å². The van der Waals surface area contributed by atoms with Crippen LogP contribution in [0.25, 0.3) is 0 Å². The van der Waals surface area contributed by atoms with Crippen LogP contribution in [0.5, 0.6) is 0 Å². The van der Waals surface area contributed by atoms with Crippen LogP contribution in [0.15, 0.2) is 18.2 Å². The summed E-state index contributed by atoms with van der Waals surface area (Å²) in [5.74, 6) is -0.150. The average Bonchev–Trinajstić information content (AvgIpc) is 2.42. The number of anilines is 2. The number of hydrogen-bond donors (Lipinski definition) is 2. The molecule has 5 heteroatoms. The molecular weight excluding hydrogens is 256 g/mol. The molecule has 0 spiro atoms. The number of carbonyl (C=O) groups is 2. The van der Waals surface area contributed by atoms with E-state index >= 15 is 0 Å². The van der Waals surface area contributed by atoms with Crippen LogP contribution in [0.1, 0.15) is 32.3 Å². The van der Waals surface area contributed by atoms with Gasteiger partial charge in [-0.05, 0) is 31.5 Å². The van der Waals surface area contributed by atoms with Gasteiger partial charge in [-0.3, -0.25) is 9.59 Å². The van der Waals surface area contributed by atoms with Crippen molar-refractivity contribution >= 4 is 23.2 Å². The topological polar surface area (TPSA) is 67.4 Å². The first-order valence-electron chi connectivity index (χ1n) is 6.84. The van der Waals surface area contributed by atoms with Crippen molar-refractivity contribution in [1.29, 1.82) is 0 Å². The highest BCUT2D eigenvalue weighted by Gasteiger charge is 2.07. The maximum atomic E-state index is 11.8. The molecule has 110 valence electrons.